The van der Waals surface area contributed by atoms with Crippen LogP contribution in [0, 0.1) is 0 Å². The van der Waals surface area contributed by atoms with E-state index in [-0.39, 0.29) is 70.0 Å². The molecule has 18 N–H and O–H groups in total. The smallest absolute Gasteiger partial charge is 0.326 e. The first-order chi connectivity index (χ1) is 19.3. The zero-order valence-corrected chi connectivity index (χ0v) is 23.2. The Balaban J connectivity index is 5.67. The maximum atomic E-state index is 13.2. The van der Waals surface area contributed by atoms with E-state index in [0.717, 1.165) is 0 Å². The number of guanidine groups is 2. The maximum Gasteiger partial charge on any atom is 0.326 e. The highest BCUT2D eigenvalue weighted by Crippen LogP contribution is 2.07. The summed E-state index contributed by atoms with van der Waals surface area (Å²) in [5.41, 5.74) is 37.7. The van der Waals surface area contributed by atoms with Crippen molar-refractivity contribution >= 4 is 41.5 Å². The van der Waals surface area contributed by atoms with Crippen molar-refractivity contribution in [2.45, 2.75) is 82.0 Å². The summed E-state index contributed by atoms with van der Waals surface area (Å²) in [6, 6.07) is -4.65. The molecule has 0 fully saturated rings. The predicted octanol–water partition coefficient (Wildman–Crippen LogP) is -4.65. The van der Waals surface area contributed by atoms with Gasteiger partial charge >= 0.3 is 5.97 Å². The summed E-state index contributed by atoms with van der Waals surface area (Å²) in [5, 5.41) is 17.1. The number of rotatable bonds is 22. The third-order valence-corrected chi connectivity index (χ3v) is 5.76. The highest BCUT2D eigenvalue weighted by Gasteiger charge is 2.30. The third kappa shape index (κ3) is 17.9. The number of carbonyl (C=O) groups excluding carboxylic acids is 4. The van der Waals surface area contributed by atoms with E-state index in [1.54, 1.807) is 0 Å². The second-order valence-corrected chi connectivity index (χ2v) is 9.32. The Kier molecular flexibility index (Phi) is 18.6. The highest BCUT2D eigenvalue weighted by atomic mass is 16.4. The fourth-order valence-corrected chi connectivity index (χ4v) is 3.55. The molecule has 18 heteroatoms. The van der Waals surface area contributed by atoms with Crippen molar-refractivity contribution in [1.29, 1.82) is 0 Å². The quantitative estimate of drug-likeness (QED) is 0.0324. The lowest BCUT2D eigenvalue weighted by molar-refractivity contribution is -0.142. The van der Waals surface area contributed by atoms with E-state index in [0.29, 0.717) is 19.4 Å². The minimum absolute atomic E-state index is 0.0200. The van der Waals surface area contributed by atoms with Crippen molar-refractivity contribution in [2.75, 3.05) is 19.6 Å². The van der Waals surface area contributed by atoms with Gasteiger partial charge < -0.3 is 61.2 Å². The molecule has 0 aromatic carbocycles. The fourth-order valence-electron chi connectivity index (χ4n) is 3.55. The number of carboxylic acid groups (broad SMARTS) is 1. The van der Waals surface area contributed by atoms with Crippen LogP contribution in [0.3, 0.4) is 0 Å². The van der Waals surface area contributed by atoms with Crippen LogP contribution in [0.5, 0.6) is 0 Å². The summed E-state index contributed by atoms with van der Waals surface area (Å²) >= 11 is 0. The third-order valence-electron chi connectivity index (χ3n) is 5.76. The average Bonchev–Trinajstić information content (AvgIpc) is 2.89. The maximum absolute atomic E-state index is 13.2. The highest BCUT2D eigenvalue weighted by molar-refractivity contribution is 5.94. The van der Waals surface area contributed by atoms with Crippen LogP contribution < -0.4 is 56.1 Å². The molecule has 0 saturated carbocycles. The molecule has 0 aromatic heterocycles. The SMILES string of the molecule is NCCCC[C@H](NC(=O)[C@@H](N)CCC(N)=O)C(=O)N[C@@H](CCCN=C(N)N)C(=O)N[C@@H](CCCN=C(N)N)C(=O)O. The number of nitrogens with zero attached hydrogens (tertiary/aromatic N) is 2. The average molecular weight is 587 g/mol. The van der Waals surface area contributed by atoms with Gasteiger partial charge in [0.15, 0.2) is 11.9 Å². The Bertz CT molecular complexity index is 921. The zero-order chi connectivity index (χ0) is 31.4. The molecule has 4 amide bonds. The van der Waals surface area contributed by atoms with Crippen LogP contribution in [0.15, 0.2) is 9.98 Å². The lowest BCUT2D eigenvalue weighted by atomic mass is 10.0. The molecular formula is C23H46N12O6. The molecule has 0 saturated heterocycles. The summed E-state index contributed by atoms with van der Waals surface area (Å²) in [7, 11) is 0. The van der Waals surface area contributed by atoms with Crippen molar-refractivity contribution in [2.24, 2.45) is 50.1 Å². The molecular weight excluding hydrogens is 540 g/mol. The van der Waals surface area contributed by atoms with Gasteiger partial charge in [0.2, 0.25) is 23.6 Å². The summed E-state index contributed by atoms with van der Waals surface area (Å²) in [4.78, 5) is 69.3. The van der Waals surface area contributed by atoms with Crippen LogP contribution in [0.2, 0.25) is 0 Å². The Labute approximate surface area is 238 Å². The Morgan fingerprint density at radius 1 is 0.634 bits per heavy atom. The summed E-state index contributed by atoms with van der Waals surface area (Å²) in [6.07, 6.45) is 1.69. The van der Waals surface area contributed by atoms with E-state index in [2.05, 4.69) is 25.9 Å². The molecule has 234 valence electrons. The molecule has 41 heavy (non-hydrogen) atoms. The van der Waals surface area contributed by atoms with E-state index < -0.39 is 53.8 Å². The van der Waals surface area contributed by atoms with E-state index in [9.17, 15) is 29.1 Å². The van der Waals surface area contributed by atoms with Gasteiger partial charge in [-0.3, -0.25) is 29.2 Å². The normalized spacial score (nSPS) is 13.5. The molecule has 0 aliphatic rings. The number of aliphatic carboxylic acids is 1. The van der Waals surface area contributed by atoms with Gasteiger partial charge in [-0.05, 0) is 57.9 Å². The Morgan fingerprint density at radius 3 is 1.51 bits per heavy atom. The molecule has 18 nitrogen and oxygen atoms in total. The lowest BCUT2D eigenvalue weighted by Gasteiger charge is -2.25. The largest absolute Gasteiger partial charge is 0.480 e. The van der Waals surface area contributed by atoms with E-state index >= 15 is 0 Å². The van der Waals surface area contributed by atoms with Gasteiger partial charge in [-0.25, -0.2) is 4.79 Å². The van der Waals surface area contributed by atoms with E-state index in [4.69, 9.17) is 40.1 Å². The van der Waals surface area contributed by atoms with Crippen LogP contribution in [0.1, 0.15) is 57.8 Å². The molecule has 4 atom stereocenters. The monoisotopic (exact) mass is 586 g/mol. The van der Waals surface area contributed by atoms with Crippen LogP contribution in [0.25, 0.3) is 0 Å². The number of unbranched alkanes of at least 4 members (excludes halogenated alkanes) is 1. The zero-order valence-electron chi connectivity index (χ0n) is 23.2. The fraction of sp³-hybridized carbons (Fsp3) is 0.696. The molecule has 0 aliphatic heterocycles. The number of carboxylic acids is 1. The number of hydrogen-bond donors (Lipinski definition) is 11. The Morgan fingerprint density at radius 2 is 1.07 bits per heavy atom. The van der Waals surface area contributed by atoms with Crippen molar-refractivity contribution in [3.63, 3.8) is 0 Å². The van der Waals surface area contributed by atoms with E-state index in [1.165, 1.54) is 0 Å². The number of nitrogens with one attached hydrogen (secondary N) is 3. The summed E-state index contributed by atoms with van der Waals surface area (Å²) < 4.78 is 0. The van der Waals surface area contributed by atoms with Crippen LogP contribution in [-0.4, -0.2) is 90.4 Å². The van der Waals surface area contributed by atoms with Crippen LogP contribution >= 0.6 is 0 Å². The van der Waals surface area contributed by atoms with Crippen LogP contribution in [0.4, 0.5) is 0 Å². The number of hydrogen-bond acceptors (Lipinski definition) is 9. The van der Waals surface area contributed by atoms with Gasteiger partial charge in [-0.1, -0.05) is 0 Å². The van der Waals surface area contributed by atoms with Gasteiger partial charge in [0.1, 0.15) is 18.1 Å². The van der Waals surface area contributed by atoms with Gasteiger partial charge in [-0.2, -0.15) is 0 Å². The van der Waals surface area contributed by atoms with Crippen LogP contribution in [-0.2, 0) is 24.0 Å². The van der Waals surface area contributed by atoms with Gasteiger partial charge in [0, 0.05) is 19.5 Å². The summed E-state index contributed by atoms with van der Waals surface area (Å²) in [5.74, 6) is -4.36. The molecule has 0 radical (unpaired) electrons. The van der Waals surface area contributed by atoms with Crippen molar-refractivity contribution in [3.05, 3.63) is 0 Å². The number of amides is 4. The lowest BCUT2D eigenvalue weighted by Crippen LogP contribution is -2.57. The minimum Gasteiger partial charge on any atom is -0.480 e. The standard InChI is InChI=1S/C23H46N12O6/c24-10-2-1-5-14(33-18(37)13(25)8-9-17(26)36)19(38)34-15(6-3-11-31-22(27)28)20(39)35-16(21(40)41)7-4-12-32-23(29)30/h13-16H,1-12,24-25H2,(H2,26,36)(H,33,37)(H,34,38)(H,35,39)(H,40,41)(H4,27,28,31)(H4,29,30,32)/t13-,14-,15-,16-/m0/s1. The molecule has 0 heterocycles. The first kappa shape index (κ1) is 36.8. The molecule has 0 aromatic rings. The van der Waals surface area contributed by atoms with Crippen molar-refractivity contribution in [3.8, 4) is 0 Å². The predicted molar refractivity (Wildman–Crippen MR) is 153 cm³/mol. The van der Waals surface area contributed by atoms with Gasteiger partial charge in [-0.15, -0.1) is 0 Å². The summed E-state index contributed by atoms with van der Waals surface area (Å²) in [6.45, 7) is 0.663. The first-order valence-electron chi connectivity index (χ1n) is 13.3. The van der Waals surface area contributed by atoms with Gasteiger partial charge in [0.05, 0.1) is 6.04 Å². The number of aliphatic imine (C=N–C) groups is 2. The van der Waals surface area contributed by atoms with Gasteiger partial charge in [0.25, 0.3) is 0 Å². The second-order valence-electron chi connectivity index (χ2n) is 9.32. The molecule has 0 unspecified atom stereocenters. The van der Waals surface area contributed by atoms with E-state index in [1.807, 2.05) is 0 Å². The molecule has 0 aliphatic carbocycles. The number of primary amides is 1. The number of nitrogens with two attached hydrogens (primary N) is 7. The second kappa shape index (κ2) is 20.7. The molecule has 0 spiro atoms. The van der Waals surface area contributed by atoms with Crippen molar-refractivity contribution in [1.82, 2.24) is 16.0 Å². The number of carbonyl (C=O) groups is 5. The first-order valence-corrected chi connectivity index (χ1v) is 13.3. The molecule has 0 bridgehead atoms. The minimum atomic E-state index is -1.29. The van der Waals surface area contributed by atoms with Crippen molar-refractivity contribution < 1.29 is 29.1 Å². The topological polar surface area (TPSA) is 349 Å². The molecule has 0 rings (SSSR count). The Hall–Kier alpha value is -4.19.